The van der Waals surface area contributed by atoms with Gasteiger partial charge in [-0.25, -0.2) is 4.98 Å². The van der Waals surface area contributed by atoms with Crippen LogP contribution in [0.1, 0.15) is 25.7 Å². The maximum Gasteiger partial charge on any atom is 0.234 e. The van der Waals surface area contributed by atoms with E-state index in [1.54, 1.807) is 7.11 Å². The molecule has 0 spiro atoms. The number of imidazole rings is 1. The number of carbonyl (C=O) groups excluding carboxylic acids is 1. The Kier molecular flexibility index (Phi) is 5.81. The molecule has 2 heterocycles. The van der Waals surface area contributed by atoms with Gasteiger partial charge in [0.15, 0.2) is 0 Å². The van der Waals surface area contributed by atoms with Crippen molar-refractivity contribution in [2.24, 2.45) is 0 Å². The van der Waals surface area contributed by atoms with Gasteiger partial charge in [0, 0.05) is 50.7 Å². The topological polar surface area (TPSA) is 62.6 Å². The summed E-state index contributed by atoms with van der Waals surface area (Å²) < 4.78 is 7.43. The molecule has 0 bridgehead atoms. The Bertz CT molecular complexity index is 792. The van der Waals surface area contributed by atoms with E-state index in [1.807, 2.05) is 30.6 Å². The van der Waals surface area contributed by atoms with Crippen molar-refractivity contribution in [1.29, 1.82) is 0 Å². The summed E-state index contributed by atoms with van der Waals surface area (Å²) in [7, 11) is 1.68. The lowest BCUT2D eigenvalue weighted by molar-refractivity contribution is -0.123. The maximum atomic E-state index is 12.3. The van der Waals surface area contributed by atoms with E-state index in [9.17, 15) is 4.79 Å². The van der Waals surface area contributed by atoms with Crippen LogP contribution in [0.4, 0.5) is 5.95 Å². The fourth-order valence-electron chi connectivity index (χ4n) is 4.14. The molecular formula is C21H29N5O2. The molecular weight excluding hydrogens is 354 g/mol. The zero-order valence-electron chi connectivity index (χ0n) is 16.5. The van der Waals surface area contributed by atoms with Gasteiger partial charge in [-0.2, -0.15) is 0 Å². The monoisotopic (exact) mass is 383 g/mol. The van der Waals surface area contributed by atoms with Crippen molar-refractivity contribution in [2.45, 2.75) is 31.7 Å². The molecule has 28 heavy (non-hydrogen) atoms. The van der Waals surface area contributed by atoms with Gasteiger partial charge in [0.25, 0.3) is 0 Å². The number of anilines is 1. The first-order valence-corrected chi connectivity index (χ1v) is 10.2. The smallest absolute Gasteiger partial charge is 0.234 e. The molecule has 1 aromatic carbocycles. The van der Waals surface area contributed by atoms with Crippen LogP contribution in [0.25, 0.3) is 5.69 Å². The standard InChI is InChI=1S/C21H29N5O2/c1-28-19-8-4-7-18(15-19)26-10-9-22-21(26)25-13-11-24(12-14-25)16-20(27)23-17-5-2-3-6-17/h4,7-10,15,17H,2-3,5-6,11-14,16H2,1H3,(H,23,27). The van der Waals surface area contributed by atoms with Crippen molar-refractivity contribution in [3.8, 4) is 11.4 Å². The lowest BCUT2D eigenvalue weighted by atomic mass is 10.2. The largest absolute Gasteiger partial charge is 0.497 e. The molecule has 7 nitrogen and oxygen atoms in total. The summed E-state index contributed by atoms with van der Waals surface area (Å²) >= 11 is 0. The highest BCUT2D eigenvalue weighted by molar-refractivity contribution is 5.78. The first kappa shape index (κ1) is 18.8. The van der Waals surface area contributed by atoms with Gasteiger partial charge in [-0.3, -0.25) is 14.3 Å². The van der Waals surface area contributed by atoms with Gasteiger partial charge in [-0.1, -0.05) is 18.9 Å². The lowest BCUT2D eigenvalue weighted by Crippen LogP contribution is -2.50. The highest BCUT2D eigenvalue weighted by Crippen LogP contribution is 2.23. The minimum atomic E-state index is 0.165. The van der Waals surface area contributed by atoms with Gasteiger partial charge >= 0.3 is 0 Å². The van der Waals surface area contributed by atoms with Crippen molar-refractivity contribution in [3.05, 3.63) is 36.7 Å². The number of methoxy groups -OCH3 is 1. The van der Waals surface area contributed by atoms with Gasteiger partial charge in [-0.05, 0) is 25.0 Å². The third-order valence-electron chi connectivity index (χ3n) is 5.70. The molecule has 1 aromatic heterocycles. The summed E-state index contributed by atoms with van der Waals surface area (Å²) in [6.45, 7) is 3.94. The second-order valence-electron chi connectivity index (χ2n) is 7.61. The lowest BCUT2D eigenvalue weighted by Gasteiger charge is -2.35. The van der Waals surface area contributed by atoms with Crippen LogP contribution in [0.5, 0.6) is 5.75 Å². The van der Waals surface area contributed by atoms with Crippen molar-refractivity contribution in [3.63, 3.8) is 0 Å². The van der Waals surface area contributed by atoms with E-state index < -0.39 is 0 Å². The first-order chi connectivity index (χ1) is 13.7. The Hall–Kier alpha value is -2.54. The Labute approximate surface area is 166 Å². The molecule has 2 aliphatic rings. The molecule has 1 saturated carbocycles. The Morgan fingerprint density at radius 2 is 2.00 bits per heavy atom. The number of piperazine rings is 1. The zero-order valence-corrected chi connectivity index (χ0v) is 16.5. The van der Waals surface area contributed by atoms with Crippen LogP contribution < -0.4 is 15.0 Å². The molecule has 0 radical (unpaired) electrons. The van der Waals surface area contributed by atoms with Crippen LogP contribution in [-0.2, 0) is 4.79 Å². The van der Waals surface area contributed by atoms with Gasteiger partial charge in [0.05, 0.1) is 19.3 Å². The molecule has 1 aliphatic heterocycles. The molecule has 0 unspecified atom stereocenters. The van der Waals surface area contributed by atoms with Crippen LogP contribution in [0, 0.1) is 0 Å². The minimum Gasteiger partial charge on any atom is -0.497 e. The van der Waals surface area contributed by atoms with Gasteiger partial charge in [0.2, 0.25) is 11.9 Å². The molecule has 1 aliphatic carbocycles. The Morgan fingerprint density at radius 3 is 2.75 bits per heavy atom. The number of ether oxygens (including phenoxy) is 1. The van der Waals surface area contributed by atoms with Gasteiger partial charge < -0.3 is 15.0 Å². The van der Waals surface area contributed by atoms with E-state index in [-0.39, 0.29) is 5.91 Å². The number of rotatable bonds is 6. The van der Waals surface area contributed by atoms with E-state index in [0.717, 1.165) is 56.4 Å². The number of carbonyl (C=O) groups is 1. The van der Waals surface area contributed by atoms with Gasteiger partial charge in [0.1, 0.15) is 5.75 Å². The SMILES string of the molecule is COc1cccc(-n2ccnc2N2CCN(CC(=O)NC3CCCC3)CC2)c1. The van der Waals surface area contributed by atoms with E-state index in [2.05, 4.69) is 30.7 Å². The Morgan fingerprint density at radius 1 is 1.21 bits per heavy atom. The fraction of sp³-hybridized carbons (Fsp3) is 0.524. The summed E-state index contributed by atoms with van der Waals surface area (Å²) in [5.74, 6) is 1.93. The summed E-state index contributed by atoms with van der Waals surface area (Å²) in [6, 6.07) is 8.38. The van der Waals surface area contributed by atoms with Crippen LogP contribution >= 0.6 is 0 Å². The quantitative estimate of drug-likeness (QED) is 0.827. The third kappa shape index (κ3) is 4.30. The second-order valence-corrected chi connectivity index (χ2v) is 7.61. The maximum absolute atomic E-state index is 12.3. The molecule has 2 aromatic rings. The number of hydrogen-bond donors (Lipinski definition) is 1. The average Bonchev–Trinajstić information content (AvgIpc) is 3.40. The van der Waals surface area contributed by atoms with E-state index in [1.165, 1.54) is 12.8 Å². The Balaban J connectivity index is 1.34. The molecule has 1 N–H and O–H groups in total. The number of aromatic nitrogens is 2. The summed E-state index contributed by atoms with van der Waals surface area (Å²) in [5.41, 5.74) is 1.03. The number of nitrogens with one attached hydrogen (secondary N) is 1. The normalized spacial score (nSPS) is 18.4. The molecule has 1 amide bonds. The predicted molar refractivity (Wildman–Crippen MR) is 109 cm³/mol. The molecule has 2 fully saturated rings. The number of benzene rings is 1. The minimum absolute atomic E-state index is 0.165. The summed E-state index contributed by atoms with van der Waals surface area (Å²) in [4.78, 5) is 21.4. The van der Waals surface area contributed by atoms with Crippen molar-refractivity contribution < 1.29 is 9.53 Å². The van der Waals surface area contributed by atoms with Crippen LogP contribution in [0.3, 0.4) is 0 Å². The van der Waals surface area contributed by atoms with E-state index in [0.29, 0.717) is 12.6 Å². The molecule has 0 atom stereocenters. The van der Waals surface area contributed by atoms with Crippen LogP contribution in [0.15, 0.2) is 36.7 Å². The molecule has 4 rings (SSSR count). The first-order valence-electron chi connectivity index (χ1n) is 10.2. The van der Waals surface area contributed by atoms with Crippen molar-refractivity contribution >= 4 is 11.9 Å². The average molecular weight is 383 g/mol. The second kappa shape index (κ2) is 8.65. The summed E-state index contributed by atoms with van der Waals surface area (Å²) in [5, 5.41) is 3.18. The number of hydrogen-bond acceptors (Lipinski definition) is 5. The van der Waals surface area contributed by atoms with Crippen LogP contribution in [-0.4, -0.2) is 66.2 Å². The zero-order chi connectivity index (χ0) is 19.3. The molecule has 1 saturated heterocycles. The van der Waals surface area contributed by atoms with Gasteiger partial charge in [-0.15, -0.1) is 0 Å². The van der Waals surface area contributed by atoms with E-state index >= 15 is 0 Å². The van der Waals surface area contributed by atoms with E-state index in [4.69, 9.17) is 4.74 Å². The number of amides is 1. The molecule has 150 valence electrons. The predicted octanol–water partition coefficient (Wildman–Crippen LogP) is 2.06. The van der Waals surface area contributed by atoms with Crippen molar-refractivity contribution in [2.75, 3.05) is 44.7 Å². The van der Waals surface area contributed by atoms with Crippen molar-refractivity contribution in [1.82, 2.24) is 19.8 Å². The summed E-state index contributed by atoms with van der Waals surface area (Å²) in [6.07, 6.45) is 8.55. The highest BCUT2D eigenvalue weighted by atomic mass is 16.5. The van der Waals surface area contributed by atoms with Crippen LogP contribution in [0.2, 0.25) is 0 Å². The third-order valence-corrected chi connectivity index (χ3v) is 5.70. The highest BCUT2D eigenvalue weighted by Gasteiger charge is 2.23. The number of nitrogens with zero attached hydrogens (tertiary/aromatic N) is 4. The molecule has 7 heteroatoms. The fourth-order valence-corrected chi connectivity index (χ4v) is 4.14.